The summed E-state index contributed by atoms with van der Waals surface area (Å²) in [6.07, 6.45) is 1.44. The van der Waals surface area contributed by atoms with Crippen LogP contribution in [0.4, 0.5) is 5.69 Å². The molecule has 4 rings (SSSR count). The van der Waals surface area contributed by atoms with Crippen LogP contribution in [-0.2, 0) is 37.0 Å². The average Bonchev–Trinajstić information content (AvgIpc) is 3.24. The van der Waals surface area contributed by atoms with Crippen LogP contribution >= 0.6 is 23.2 Å². The van der Waals surface area contributed by atoms with Gasteiger partial charge >= 0.3 is 0 Å². The number of rotatable bonds is 6. The first-order valence-corrected chi connectivity index (χ1v) is 15.0. The lowest BCUT2D eigenvalue weighted by Crippen LogP contribution is -2.44. The van der Waals surface area contributed by atoms with Crippen molar-refractivity contribution in [3.8, 4) is 0 Å². The maximum absolute atomic E-state index is 13.3. The van der Waals surface area contributed by atoms with E-state index >= 15 is 0 Å². The van der Waals surface area contributed by atoms with Gasteiger partial charge in [-0.05, 0) is 60.7 Å². The molecule has 12 heteroatoms. The smallest absolute Gasteiger partial charge is 0.242 e. The summed E-state index contributed by atoms with van der Waals surface area (Å²) in [5.74, 6) is -0.517. The Morgan fingerprint density at radius 1 is 0.971 bits per heavy atom. The van der Waals surface area contributed by atoms with Gasteiger partial charge in [-0.25, -0.2) is 25.4 Å². The number of carbonyl (C=O) groups excluding carboxylic acids is 1. The van der Waals surface area contributed by atoms with Crippen molar-refractivity contribution in [2.75, 3.05) is 38.6 Å². The van der Waals surface area contributed by atoms with Gasteiger partial charge in [0.15, 0.2) is 0 Å². The van der Waals surface area contributed by atoms with E-state index in [9.17, 15) is 21.6 Å². The lowest BCUT2D eigenvalue weighted by Gasteiger charge is -2.32. The van der Waals surface area contributed by atoms with Crippen molar-refractivity contribution in [2.45, 2.75) is 29.9 Å². The topological polar surface area (TPSA) is 95.1 Å². The van der Waals surface area contributed by atoms with Gasteiger partial charge in [-0.15, -0.1) is 0 Å². The number of fused-ring (bicyclic) bond motifs is 1. The van der Waals surface area contributed by atoms with Crippen molar-refractivity contribution in [1.29, 1.82) is 0 Å². The van der Waals surface area contributed by atoms with E-state index in [0.717, 1.165) is 15.6 Å². The van der Waals surface area contributed by atoms with Crippen molar-refractivity contribution >= 4 is 54.8 Å². The van der Waals surface area contributed by atoms with Crippen LogP contribution in [0, 0.1) is 5.92 Å². The summed E-state index contributed by atoms with van der Waals surface area (Å²) in [4.78, 5) is 15.2. The van der Waals surface area contributed by atoms with Gasteiger partial charge in [-0.1, -0.05) is 29.3 Å². The van der Waals surface area contributed by atoms with E-state index in [1.807, 2.05) is 0 Å². The lowest BCUT2D eigenvalue weighted by atomic mass is 9.96. The third kappa shape index (κ3) is 5.38. The first kappa shape index (κ1) is 26.4. The van der Waals surface area contributed by atoms with Gasteiger partial charge in [0.1, 0.15) is 0 Å². The first-order chi connectivity index (χ1) is 16.4. The standard InChI is InChI=1S/C23H27Cl2N3O5S2/c1-26(2)35(32,33)19-4-6-22-18(14-19)9-12-28(22)23(29)17-7-10-27(11-8-17)34(30,31)15-16-3-5-20(24)21(25)13-16/h3-6,13-14,17H,7-12,15H2,1-2H3. The van der Waals surface area contributed by atoms with Crippen molar-refractivity contribution in [3.63, 3.8) is 0 Å². The van der Waals surface area contributed by atoms with Gasteiger partial charge < -0.3 is 4.90 Å². The minimum absolute atomic E-state index is 0.0477. The van der Waals surface area contributed by atoms with Gasteiger partial charge in [0.25, 0.3) is 0 Å². The molecule has 1 fully saturated rings. The molecular weight excluding hydrogens is 533 g/mol. The Balaban J connectivity index is 1.41. The maximum atomic E-state index is 13.3. The SMILES string of the molecule is CN(C)S(=O)(=O)c1ccc2c(c1)CCN2C(=O)C1CCN(S(=O)(=O)Cc2ccc(Cl)c(Cl)c2)CC1. The summed E-state index contributed by atoms with van der Waals surface area (Å²) in [5, 5.41) is 0.673. The van der Waals surface area contributed by atoms with Crippen LogP contribution in [0.25, 0.3) is 0 Å². The second-order valence-corrected chi connectivity index (χ2v) is 13.9. The Labute approximate surface area is 216 Å². The van der Waals surface area contributed by atoms with Gasteiger partial charge in [0, 0.05) is 45.3 Å². The Hall–Kier alpha value is -1.69. The summed E-state index contributed by atoms with van der Waals surface area (Å²) < 4.78 is 53.3. The Morgan fingerprint density at radius 2 is 1.66 bits per heavy atom. The average molecular weight is 561 g/mol. The molecule has 1 amide bonds. The van der Waals surface area contributed by atoms with E-state index in [-0.39, 0.29) is 35.6 Å². The molecule has 190 valence electrons. The van der Waals surface area contributed by atoms with Crippen molar-refractivity contribution in [1.82, 2.24) is 8.61 Å². The third-order valence-electron chi connectivity index (χ3n) is 6.52. The monoisotopic (exact) mass is 559 g/mol. The second-order valence-electron chi connectivity index (χ2n) is 9.00. The highest BCUT2D eigenvalue weighted by atomic mass is 35.5. The Morgan fingerprint density at radius 3 is 2.29 bits per heavy atom. The van der Waals surface area contributed by atoms with Crippen LogP contribution in [0.15, 0.2) is 41.3 Å². The van der Waals surface area contributed by atoms with E-state index < -0.39 is 20.0 Å². The number of halogens is 2. The van der Waals surface area contributed by atoms with E-state index in [1.165, 1.54) is 24.5 Å². The molecule has 0 radical (unpaired) electrons. The number of carbonyl (C=O) groups is 1. The number of hydrogen-bond donors (Lipinski definition) is 0. The van der Waals surface area contributed by atoms with Crippen LogP contribution in [0.2, 0.25) is 10.0 Å². The number of anilines is 1. The minimum Gasteiger partial charge on any atom is -0.312 e. The molecule has 2 aromatic carbocycles. The number of nitrogens with zero attached hydrogens (tertiary/aromatic N) is 3. The van der Waals surface area contributed by atoms with Crippen molar-refractivity contribution in [2.24, 2.45) is 5.92 Å². The fraction of sp³-hybridized carbons (Fsp3) is 0.435. The van der Waals surface area contributed by atoms with E-state index in [2.05, 4.69) is 0 Å². The fourth-order valence-electron chi connectivity index (χ4n) is 4.51. The highest BCUT2D eigenvalue weighted by Gasteiger charge is 2.36. The molecule has 2 aromatic rings. The number of benzene rings is 2. The number of sulfonamides is 2. The Bertz CT molecular complexity index is 1360. The molecular formula is C23H27Cl2N3O5S2. The fourth-order valence-corrected chi connectivity index (χ4v) is 7.34. The largest absolute Gasteiger partial charge is 0.312 e. The van der Waals surface area contributed by atoms with Crippen LogP contribution in [-0.4, -0.2) is 65.1 Å². The molecule has 0 saturated carbocycles. The highest BCUT2D eigenvalue weighted by Crippen LogP contribution is 2.34. The van der Waals surface area contributed by atoms with Crippen LogP contribution in [0.5, 0.6) is 0 Å². The summed E-state index contributed by atoms with van der Waals surface area (Å²) in [5.41, 5.74) is 2.10. The number of piperidine rings is 1. The van der Waals surface area contributed by atoms with Crippen LogP contribution in [0.3, 0.4) is 0 Å². The van der Waals surface area contributed by atoms with E-state index in [0.29, 0.717) is 41.4 Å². The van der Waals surface area contributed by atoms with E-state index in [4.69, 9.17) is 23.2 Å². The maximum Gasteiger partial charge on any atom is 0.242 e. The zero-order valence-electron chi connectivity index (χ0n) is 19.4. The molecule has 2 aliphatic heterocycles. The molecule has 2 aliphatic rings. The molecule has 0 spiro atoms. The van der Waals surface area contributed by atoms with E-state index in [1.54, 1.807) is 35.2 Å². The predicted molar refractivity (Wildman–Crippen MR) is 137 cm³/mol. The summed E-state index contributed by atoms with van der Waals surface area (Å²) in [7, 11) is -4.15. The van der Waals surface area contributed by atoms with Crippen molar-refractivity contribution in [3.05, 3.63) is 57.6 Å². The van der Waals surface area contributed by atoms with Crippen molar-refractivity contribution < 1.29 is 21.6 Å². The molecule has 0 atom stereocenters. The molecule has 8 nitrogen and oxygen atoms in total. The normalized spacial score (nSPS) is 17.7. The lowest BCUT2D eigenvalue weighted by molar-refractivity contribution is -0.123. The van der Waals surface area contributed by atoms with Gasteiger partial charge in [0.05, 0.1) is 20.7 Å². The number of hydrogen-bond acceptors (Lipinski definition) is 5. The van der Waals surface area contributed by atoms with Crippen LogP contribution in [0.1, 0.15) is 24.0 Å². The third-order valence-corrected chi connectivity index (χ3v) is 10.9. The van der Waals surface area contributed by atoms with Crippen LogP contribution < -0.4 is 4.90 Å². The molecule has 35 heavy (non-hydrogen) atoms. The predicted octanol–water partition coefficient (Wildman–Crippen LogP) is 3.37. The summed E-state index contributed by atoms with van der Waals surface area (Å²) in [6, 6.07) is 9.62. The quantitative estimate of drug-likeness (QED) is 0.540. The molecule has 0 aromatic heterocycles. The summed E-state index contributed by atoms with van der Waals surface area (Å²) >= 11 is 11.9. The molecule has 0 unspecified atom stereocenters. The van der Waals surface area contributed by atoms with Gasteiger partial charge in [-0.3, -0.25) is 4.79 Å². The Kier molecular flexibility index (Phi) is 7.53. The zero-order valence-corrected chi connectivity index (χ0v) is 22.6. The molecule has 0 bridgehead atoms. The zero-order chi connectivity index (χ0) is 25.5. The number of amides is 1. The molecule has 1 saturated heterocycles. The van der Waals surface area contributed by atoms with Gasteiger partial charge in [0.2, 0.25) is 26.0 Å². The molecule has 0 aliphatic carbocycles. The minimum atomic E-state index is -3.56. The second kappa shape index (κ2) is 9.99. The highest BCUT2D eigenvalue weighted by molar-refractivity contribution is 7.89. The summed E-state index contributed by atoms with van der Waals surface area (Å²) in [6.45, 7) is 1.01. The van der Waals surface area contributed by atoms with Gasteiger partial charge in [-0.2, -0.15) is 0 Å². The molecule has 0 N–H and O–H groups in total. The molecule has 2 heterocycles. The first-order valence-electron chi connectivity index (χ1n) is 11.2.